The molecule has 4 nitrogen and oxygen atoms in total. The molecule has 1 aliphatic heterocycles. The second kappa shape index (κ2) is 6.47. The first-order valence-corrected chi connectivity index (χ1v) is 5.99. The Hall–Kier alpha value is -1.46. The maximum absolute atomic E-state index is 13.3. The topological polar surface area (TPSA) is 38.8 Å². The van der Waals surface area contributed by atoms with Gasteiger partial charge >= 0.3 is 5.97 Å². The Morgan fingerprint density at radius 2 is 2.06 bits per heavy atom. The predicted octanol–water partition coefficient (Wildman–Crippen LogP) is 1.31. The SMILES string of the molecule is O=C(OCCN1CCOCC1)c1ccccc1F. The van der Waals surface area contributed by atoms with E-state index < -0.39 is 11.8 Å². The maximum atomic E-state index is 13.3. The number of ether oxygens (including phenoxy) is 2. The fourth-order valence-electron chi connectivity index (χ4n) is 1.80. The first kappa shape index (κ1) is 13.0. The lowest BCUT2D eigenvalue weighted by atomic mass is 10.2. The molecule has 1 heterocycles. The highest BCUT2D eigenvalue weighted by Gasteiger charge is 2.14. The number of carbonyl (C=O) groups excluding carboxylic acids is 1. The number of hydrogen-bond acceptors (Lipinski definition) is 4. The highest BCUT2D eigenvalue weighted by Crippen LogP contribution is 2.08. The van der Waals surface area contributed by atoms with Gasteiger partial charge in [0.15, 0.2) is 0 Å². The molecule has 0 amide bonds. The Morgan fingerprint density at radius 3 is 2.78 bits per heavy atom. The third-order valence-corrected chi connectivity index (χ3v) is 2.84. The molecule has 1 aromatic rings. The molecule has 0 spiro atoms. The van der Waals surface area contributed by atoms with Crippen LogP contribution in [0.1, 0.15) is 10.4 Å². The standard InChI is InChI=1S/C13H16FNO3/c14-12-4-2-1-3-11(12)13(16)18-10-7-15-5-8-17-9-6-15/h1-4H,5-10H2. The number of hydrogen-bond donors (Lipinski definition) is 0. The van der Waals surface area contributed by atoms with E-state index in [9.17, 15) is 9.18 Å². The third-order valence-electron chi connectivity index (χ3n) is 2.84. The molecule has 0 atom stereocenters. The molecule has 0 aliphatic carbocycles. The molecule has 1 fully saturated rings. The molecule has 0 saturated carbocycles. The molecular weight excluding hydrogens is 237 g/mol. The van der Waals surface area contributed by atoms with Crippen molar-refractivity contribution < 1.29 is 18.7 Å². The number of nitrogens with zero attached hydrogens (tertiary/aromatic N) is 1. The number of esters is 1. The number of halogens is 1. The lowest BCUT2D eigenvalue weighted by Gasteiger charge is -2.26. The minimum absolute atomic E-state index is 0.0144. The van der Waals surface area contributed by atoms with E-state index in [2.05, 4.69) is 4.90 Å². The van der Waals surface area contributed by atoms with Gasteiger partial charge < -0.3 is 9.47 Å². The minimum atomic E-state index is -0.610. The number of benzene rings is 1. The smallest absolute Gasteiger partial charge is 0.341 e. The monoisotopic (exact) mass is 253 g/mol. The van der Waals surface area contributed by atoms with Gasteiger partial charge in [-0.3, -0.25) is 4.90 Å². The average molecular weight is 253 g/mol. The first-order chi connectivity index (χ1) is 8.77. The number of carbonyl (C=O) groups is 1. The second-order valence-corrected chi connectivity index (χ2v) is 4.07. The van der Waals surface area contributed by atoms with Crippen LogP contribution >= 0.6 is 0 Å². The van der Waals surface area contributed by atoms with Gasteiger partial charge in [-0.05, 0) is 12.1 Å². The van der Waals surface area contributed by atoms with E-state index in [1.54, 1.807) is 12.1 Å². The molecule has 5 heteroatoms. The lowest BCUT2D eigenvalue weighted by Crippen LogP contribution is -2.38. The van der Waals surface area contributed by atoms with Crippen molar-refractivity contribution in [3.63, 3.8) is 0 Å². The summed E-state index contributed by atoms with van der Waals surface area (Å²) in [6.07, 6.45) is 0. The summed E-state index contributed by atoms with van der Waals surface area (Å²) in [6, 6.07) is 5.83. The molecule has 1 aliphatic rings. The van der Waals surface area contributed by atoms with E-state index in [1.807, 2.05) is 0 Å². The molecule has 0 bridgehead atoms. The van der Waals surface area contributed by atoms with Crippen LogP contribution < -0.4 is 0 Å². The summed E-state index contributed by atoms with van der Waals surface area (Å²) in [5.74, 6) is -1.16. The van der Waals surface area contributed by atoms with Crippen molar-refractivity contribution in [3.8, 4) is 0 Å². The molecule has 18 heavy (non-hydrogen) atoms. The molecule has 0 aromatic heterocycles. The largest absolute Gasteiger partial charge is 0.461 e. The zero-order valence-corrected chi connectivity index (χ0v) is 10.1. The lowest BCUT2D eigenvalue weighted by molar-refractivity contribution is 0.0194. The van der Waals surface area contributed by atoms with E-state index in [-0.39, 0.29) is 12.2 Å². The Bertz CT molecular complexity index is 405. The van der Waals surface area contributed by atoms with Crippen LogP contribution in [0.5, 0.6) is 0 Å². The van der Waals surface area contributed by atoms with Gasteiger partial charge in [-0.25, -0.2) is 9.18 Å². The van der Waals surface area contributed by atoms with E-state index in [0.29, 0.717) is 19.8 Å². The van der Waals surface area contributed by atoms with Crippen LogP contribution in [0.2, 0.25) is 0 Å². The first-order valence-electron chi connectivity index (χ1n) is 5.99. The van der Waals surface area contributed by atoms with Gasteiger partial charge in [0.25, 0.3) is 0 Å². The van der Waals surface area contributed by atoms with Crippen molar-refractivity contribution in [2.45, 2.75) is 0 Å². The normalized spacial score (nSPS) is 16.5. The third kappa shape index (κ3) is 3.51. The Balaban J connectivity index is 1.76. The van der Waals surface area contributed by atoms with Gasteiger partial charge in [-0.15, -0.1) is 0 Å². The molecule has 1 aromatic carbocycles. The van der Waals surface area contributed by atoms with E-state index in [1.165, 1.54) is 12.1 Å². The van der Waals surface area contributed by atoms with Crippen LogP contribution in [-0.2, 0) is 9.47 Å². The van der Waals surface area contributed by atoms with Crippen molar-refractivity contribution in [3.05, 3.63) is 35.6 Å². The summed E-state index contributed by atoms with van der Waals surface area (Å²) in [6.45, 7) is 4.04. The van der Waals surface area contributed by atoms with Gasteiger partial charge in [-0.2, -0.15) is 0 Å². The van der Waals surface area contributed by atoms with Crippen LogP contribution in [0, 0.1) is 5.82 Å². The van der Waals surface area contributed by atoms with Gasteiger partial charge in [0.1, 0.15) is 12.4 Å². The summed E-state index contributed by atoms with van der Waals surface area (Å²) < 4.78 is 23.6. The molecule has 98 valence electrons. The zero-order valence-electron chi connectivity index (χ0n) is 10.1. The Kier molecular flexibility index (Phi) is 4.66. The van der Waals surface area contributed by atoms with E-state index >= 15 is 0 Å². The number of morpholine rings is 1. The van der Waals surface area contributed by atoms with Gasteiger partial charge in [0.05, 0.1) is 18.8 Å². The molecule has 0 radical (unpaired) electrons. The summed E-state index contributed by atoms with van der Waals surface area (Å²) in [5.41, 5.74) is -0.0144. The summed E-state index contributed by atoms with van der Waals surface area (Å²) in [7, 11) is 0. The second-order valence-electron chi connectivity index (χ2n) is 4.07. The van der Waals surface area contributed by atoms with Gasteiger partial charge in [0.2, 0.25) is 0 Å². The highest BCUT2D eigenvalue weighted by atomic mass is 19.1. The molecule has 2 rings (SSSR count). The van der Waals surface area contributed by atoms with Crippen LogP contribution in [0.4, 0.5) is 4.39 Å². The van der Waals surface area contributed by atoms with E-state index in [0.717, 1.165) is 13.1 Å². The van der Waals surface area contributed by atoms with Gasteiger partial charge in [-0.1, -0.05) is 12.1 Å². The number of rotatable bonds is 4. The van der Waals surface area contributed by atoms with Crippen LogP contribution in [0.15, 0.2) is 24.3 Å². The highest BCUT2D eigenvalue weighted by molar-refractivity contribution is 5.89. The van der Waals surface area contributed by atoms with Crippen molar-refractivity contribution >= 4 is 5.97 Å². The van der Waals surface area contributed by atoms with Crippen molar-refractivity contribution in [1.29, 1.82) is 0 Å². The predicted molar refractivity (Wildman–Crippen MR) is 63.9 cm³/mol. The fourth-order valence-corrected chi connectivity index (χ4v) is 1.80. The fraction of sp³-hybridized carbons (Fsp3) is 0.462. The quantitative estimate of drug-likeness (QED) is 0.758. The zero-order chi connectivity index (χ0) is 12.8. The molecular formula is C13H16FNO3. The minimum Gasteiger partial charge on any atom is -0.461 e. The summed E-state index contributed by atoms with van der Waals surface area (Å²) >= 11 is 0. The van der Waals surface area contributed by atoms with Gasteiger partial charge in [0, 0.05) is 19.6 Å². The Labute approximate surface area is 105 Å². The average Bonchev–Trinajstić information content (AvgIpc) is 2.40. The Morgan fingerprint density at radius 1 is 1.33 bits per heavy atom. The summed E-state index contributed by atoms with van der Waals surface area (Å²) in [5, 5.41) is 0. The van der Waals surface area contributed by atoms with Crippen molar-refractivity contribution in [2.75, 3.05) is 39.5 Å². The molecule has 1 saturated heterocycles. The molecule has 0 N–H and O–H groups in total. The van der Waals surface area contributed by atoms with Crippen molar-refractivity contribution in [2.24, 2.45) is 0 Å². The maximum Gasteiger partial charge on any atom is 0.341 e. The molecule has 0 unspecified atom stereocenters. The van der Waals surface area contributed by atoms with Crippen LogP contribution in [0.25, 0.3) is 0 Å². The van der Waals surface area contributed by atoms with Crippen molar-refractivity contribution in [1.82, 2.24) is 4.90 Å². The van der Waals surface area contributed by atoms with Crippen LogP contribution in [0.3, 0.4) is 0 Å². The summed E-state index contributed by atoms with van der Waals surface area (Å²) in [4.78, 5) is 13.8. The van der Waals surface area contributed by atoms with E-state index in [4.69, 9.17) is 9.47 Å². The van der Waals surface area contributed by atoms with Crippen LogP contribution in [-0.4, -0.2) is 50.3 Å².